The van der Waals surface area contributed by atoms with Gasteiger partial charge in [0.05, 0.1) is 30.8 Å². The largest absolute Gasteiger partial charge is 0.382 e. The first kappa shape index (κ1) is 59.7. The maximum Gasteiger partial charge on any atom is 0.251 e. The number of nitrogens with zero attached hydrogens (tertiary/aromatic N) is 3. The Labute approximate surface area is 466 Å². The molecule has 6 N–H and O–H groups in total. The van der Waals surface area contributed by atoms with Gasteiger partial charge in [-0.3, -0.25) is 33.6 Å². The molecule has 1 saturated heterocycles. The van der Waals surface area contributed by atoms with Crippen LogP contribution in [0.25, 0.3) is 0 Å². The zero-order chi connectivity index (χ0) is 57.3. The first-order valence-electron chi connectivity index (χ1n) is 27.8. The summed E-state index contributed by atoms with van der Waals surface area (Å²) >= 11 is 0. The highest BCUT2D eigenvalue weighted by Crippen LogP contribution is 2.34. The molecule has 4 aromatic carbocycles. The standard InChI is InChI=1S/C62H83N9O8/c1-38(63-9)54(72)67-52(61(3,4)5)59(77)70-35-45-26-16-15-25-43(45)32-50(70)58(76)69(51(37-79-11)42-23-13-12-14-24-42)34-40-21-19-28-44(31-40)56(74)65-46-33-49(57(75)66-48-30-20-27-41-22-17-18-29-47(41)48)71(36-46)60(78)53(62(6,7)8)68-55(73)39(2)64-10/h12-19,21-26,28-29,31,38-39,46,48-53,63-64H,20,27,30,32-37H2,1-11H3,(H,65,74)(H,66,75)(H,67,72)(H,68,73)/t38-,39-,46?,48?,49?,50?,51?,52?,53?/m0/s1. The summed E-state index contributed by atoms with van der Waals surface area (Å²) in [4.78, 5) is 107. The lowest BCUT2D eigenvalue weighted by Crippen LogP contribution is -2.62. The molecule has 7 rings (SSSR count). The van der Waals surface area contributed by atoms with Crippen molar-refractivity contribution in [1.82, 2.24) is 46.6 Å². The number of methoxy groups -OCH3 is 1. The Bertz CT molecular complexity index is 2830. The maximum absolute atomic E-state index is 15.8. The van der Waals surface area contributed by atoms with Gasteiger partial charge in [-0.2, -0.15) is 0 Å². The minimum atomic E-state index is -0.988. The highest BCUT2D eigenvalue weighted by Gasteiger charge is 2.47. The number of ether oxygens (including phenoxy) is 1. The lowest BCUT2D eigenvalue weighted by atomic mass is 9.84. The molecule has 9 atom stereocenters. The average molecular weight is 1080 g/mol. The van der Waals surface area contributed by atoms with Gasteiger partial charge >= 0.3 is 0 Å². The lowest BCUT2D eigenvalue weighted by Gasteiger charge is -2.44. The molecule has 2 heterocycles. The normalized spacial score (nSPS) is 20.0. The molecule has 7 amide bonds. The third-order valence-corrected chi connectivity index (χ3v) is 15.9. The van der Waals surface area contributed by atoms with Crippen molar-refractivity contribution in [2.45, 2.75) is 155 Å². The number of benzene rings is 4. The third-order valence-electron chi connectivity index (χ3n) is 15.9. The summed E-state index contributed by atoms with van der Waals surface area (Å²) in [5, 5.41) is 18.2. The molecule has 3 aliphatic rings. The highest BCUT2D eigenvalue weighted by molar-refractivity contribution is 5.97. The van der Waals surface area contributed by atoms with E-state index in [2.05, 4.69) is 38.0 Å². The van der Waals surface area contributed by atoms with Crippen molar-refractivity contribution in [2.75, 3.05) is 34.4 Å². The Morgan fingerprint density at radius 2 is 1.27 bits per heavy atom. The molecule has 1 fully saturated rings. The first-order chi connectivity index (χ1) is 37.5. The van der Waals surface area contributed by atoms with Crippen LogP contribution in [0.4, 0.5) is 0 Å². The van der Waals surface area contributed by atoms with Crippen molar-refractivity contribution in [1.29, 1.82) is 0 Å². The monoisotopic (exact) mass is 1080 g/mol. The van der Waals surface area contributed by atoms with E-state index in [0.717, 1.165) is 41.5 Å². The van der Waals surface area contributed by atoms with Crippen LogP contribution in [0.2, 0.25) is 0 Å². The second kappa shape index (κ2) is 25.9. The van der Waals surface area contributed by atoms with Crippen LogP contribution in [0.5, 0.6) is 0 Å². The Kier molecular flexibility index (Phi) is 19.6. The van der Waals surface area contributed by atoms with E-state index in [-0.39, 0.29) is 74.7 Å². The topological polar surface area (TPSA) is 211 Å². The molecule has 0 bridgehead atoms. The smallest absolute Gasteiger partial charge is 0.251 e. The number of rotatable bonds is 19. The van der Waals surface area contributed by atoms with Gasteiger partial charge in [0.15, 0.2) is 0 Å². The van der Waals surface area contributed by atoms with Gasteiger partial charge in [0.2, 0.25) is 35.4 Å². The number of hydrogen-bond donors (Lipinski definition) is 6. The number of likely N-dealkylation sites (N-methyl/N-ethyl adjacent to an activating group) is 2. The van der Waals surface area contributed by atoms with Gasteiger partial charge in [-0.05, 0) is 110 Å². The highest BCUT2D eigenvalue weighted by atomic mass is 16.5. The minimum absolute atomic E-state index is 0.0136. The molecule has 2 aliphatic heterocycles. The van der Waals surface area contributed by atoms with Crippen molar-refractivity contribution in [3.05, 3.63) is 142 Å². The minimum Gasteiger partial charge on any atom is -0.382 e. The molecular formula is C62H83N9O8. The van der Waals surface area contributed by atoms with E-state index in [1.54, 1.807) is 63.1 Å². The van der Waals surface area contributed by atoms with Crippen LogP contribution in [0.3, 0.4) is 0 Å². The van der Waals surface area contributed by atoms with Crippen LogP contribution >= 0.6 is 0 Å². The van der Waals surface area contributed by atoms with Gasteiger partial charge in [-0.15, -0.1) is 0 Å². The van der Waals surface area contributed by atoms with Crippen LogP contribution in [0.15, 0.2) is 103 Å². The molecule has 0 radical (unpaired) electrons. The summed E-state index contributed by atoms with van der Waals surface area (Å²) in [6.45, 7) is 15.0. The van der Waals surface area contributed by atoms with Crippen LogP contribution < -0.4 is 31.9 Å². The second-order valence-electron chi connectivity index (χ2n) is 23.7. The van der Waals surface area contributed by atoms with Gasteiger partial charge in [0.25, 0.3) is 5.91 Å². The fraction of sp³-hybridized carbons (Fsp3) is 0.500. The third kappa shape index (κ3) is 14.3. The lowest BCUT2D eigenvalue weighted by molar-refractivity contribution is -0.153. The summed E-state index contributed by atoms with van der Waals surface area (Å²) in [7, 11) is 4.91. The van der Waals surface area contributed by atoms with Crippen molar-refractivity contribution >= 4 is 41.4 Å². The van der Waals surface area contributed by atoms with Crippen molar-refractivity contribution in [3.8, 4) is 0 Å². The van der Waals surface area contributed by atoms with E-state index >= 15 is 9.59 Å². The molecule has 0 saturated carbocycles. The van der Waals surface area contributed by atoms with Gasteiger partial charge in [0, 0.05) is 44.8 Å². The molecule has 17 heteroatoms. The Hall–Kier alpha value is -6.95. The summed E-state index contributed by atoms with van der Waals surface area (Å²) < 4.78 is 5.85. The molecule has 0 aromatic heterocycles. The zero-order valence-corrected chi connectivity index (χ0v) is 48.0. The fourth-order valence-corrected chi connectivity index (χ4v) is 11.0. The number of likely N-dealkylation sites (tertiary alicyclic amines) is 1. The number of nitrogens with one attached hydrogen (secondary N) is 6. The first-order valence-corrected chi connectivity index (χ1v) is 27.8. The molecule has 17 nitrogen and oxygen atoms in total. The molecule has 0 spiro atoms. The number of fused-ring (bicyclic) bond motifs is 2. The van der Waals surface area contributed by atoms with E-state index in [4.69, 9.17) is 4.74 Å². The second-order valence-corrected chi connectivity index (χ2v) is 23.7. The maximum atomic E-state index is 15.8. The van der Waals surface area contributed by atoms with Crippen LogP contribution in [-0.2, 0) is 59.4 Å². The average Bonchev–Trinajstić information content (AvgIpc) is 3.98. The Morgan fingerprint density at radius 3 is 1.87 bits per heavy atom. The van der Waals surface area contributed by atoms with E-state index in [9.17, 15) is 24.0 Å². The van der Waals surface area contributed by atoms with Crippen molar-refractivity contribution in [2.24, 2.45) is 10.8 Å². The van der Waals surface area contributed by atoms with Crippen LogP contribution in [0, 0.1) is 10.8 Å². The summed E-state index contributed by atoms with van der Waals surface area (Å²) in [6, 6.07) is 25.8. The Morgan fingerprint density at radius 1 is 0.684 bits per heavy atom. The number of carbonyl (C=O) groups is 7. The van der Waals surface area contributed by atoms with Gasteiger partial charge < -0.3 is 51.3 Å². The Balaban J connectivity index is 1.19. The van der Waals surface area contributed by atoms with Gasteiger partial charge in [-0.25, -0.2) is 0 Å². The predicted molar refractivity (Wildman–Crippen MR) is 304 cm³/mol. The van der Waals surface area contributed by atoms with E-state index in [0.29, 0.717) is 11.1 Å². The van der Waals surface area contributed by atoms with Crippen molar-refractivity contribution in [3.63, 3.8) is 0 Å². The van der Waals surface area contributed by atoms with Crippen LogP contribution in [0.1, 0.15) is 130 Å². The number of amides is 7. The molecule has 79 heavy (non-hydrogen) atoms. The molecule has 424 valence electrons. The summed E-state index contributed by atoms with van der Waals surface area (Å²) in [6.07, 6.45) is 2.88. The fourth-order valence-electron chi connectivity index (χ4n) is 11.0. The number of aryl methyl sites for hydroxylation is 1. The molecular weight excluding hydrogens is 999 g/mol. The predicted octanol–water partition coefficient (Wildman–Crippen LogP) is 5.53. The number of hydrogen-bond acceptors (Lipinski definition) is 10. The quantitative estimate of drug-likeness (QED) is 0.0692. The van der Waals surface area contributed by atoms with Crippen LogP contribution in [-0.4, -0.2) is 133 Å². The zero-order valence-electron chi connectivity index (χ0n) is 48.0. The van der Waals surface area contributed by atoms with E-state index in [1.165, 1.54) is 10.5 Å². The summed E-state index contributed by atoms with van der Waals surface area (Å²) in [5.41, 5.74) is 4.31. The van der Waals surface area contributed by atoms with Gasteiger partial charge in [-0.1, -0.05) is 133 Å². The summed E-state index contributed by atoms with van der Waals surface area (Å²) in [5.74, 6) is -2.63. The SMILES string of the molecule is CN[C@@H](C)C(=O)NC(C(=O)N1CC(NC(=O)c2cccc(CN(C(=O)C3Cc4ccccc4CN3C(=O)C(NC(=O)[C@H](C)NC)C(C)(C)C)C(COC)c3ccccc3)c2)CC1C(=O)NC1CCCc2ccccc21)C(C)(C)C. The number of carbonyl (C=O) groups excluding carboxylic acids is 7. The molecule has 7 unspecified atom stereocenters. The molecule has 1 aliphatic carbocycles. The van der Waals surface area contributed by atoms with E-state index < -0.39 is 71.0 Å². The van der Waals surface area contributed by atoms with Gasteiger partial charge in [0.1, 0.15) is 24.2 Å². The van der Waals surface area contributed by atoms with E-state index in [1.807, 2.05) is 120 Å². The van der Waals surface area contributed by atoms with Crippen molar-refractivity contribution < 1.29 is 38.3 Å². The molecule has 4 aromatic rings.